The minimum absolute atomic E-state index is 0.0801. The highest BCUT2D eigenvalue weighted by Crippen LogP contribution is 2.48. The van der Waals surface area contributed by atoms with Crippen molar-refractivity contribution >= 4 is 23.9 Å². The number of ether oxygens (including phenoxy) is 4. The molecular weight excluding hydrogens is 380 g/mol. The Bertz CT molecular complexity index is 713. The summed E-state index contributed by atoms with van der Waals surface area (Å²) < 4.78 is 21.4. The molecule has 2 saturated heterocycles. The van der Waals surface area contributed by atoms with Gasteiger partial charge in [-0.1, -0.05) is 13.5 Å². The van der Waals surface area contributed by atoms with Gasteiger partial charge in [0.1, 0.15) is 12.2 Å². The maximum absolute atomic E-state index is 12.7. The van der Waals surface area contributed by atoms with Crippen LogP contribution in [-0.4, -0.2) is 48.3 Å². The summed E-state index contributed by atoms with van der Waals surface area (Å²) in [6.45, 7) is 7.97. The molecule has 4 fully saturated rings. The van der Waals surface area contributed by atoms with Crippen molar-refractivity contribution in [3.63, 3.8) is 0 Å². The van der Waals surface area contributed by atoms with Crippen LogP contribution in [0.4, 0.5) is 0 Å². The second kappa shape index (κ2) is 8.55. The van der Waals surface area contributed by atoms with E-state index in [1.807, 2.05) is 0 Å². The summed E-state index contributed by atoms with van der Waals surface area (Å²) >= 11 is 0. The number of carbonyl (C=O) groups excluding carboxylic acids is 4. The molecule has 2 heterocycles. The molecule has 160 valence electrons. The van der Waals surface area contributed by atoms with E-state index in [2.05, 4.69) is 6.58 Å². The maximum atomic E-state index is 12.7. The fourth-order valence-corrected chi connectivity index (χ4v) is 4.49. The molecule has 0 aromatic carbocycles. The lowest BCUT2D eigenvalue weighted by Crippen LogP contribution is -2.47. The third-order valence-corrected chi connectivity index (χ3v) is 5.95. The van der Waals surface area contributed by atoms with Gasteiger partial charge >= 0.3 is 23.9 Å². The summed E-state index contributed by atoms with van der Waals surface area (Å²) in [6, 6.07) is 0. The van der Waals surface area contributed by atoms with Crippen LogP contribution in [0, 0.1) is 17.8 Å². The third-order valence-electron chi connectivity index (χ3n) is 5.95. The van der Waals surface area contributed by atoms with Gasteiger partial charge in [-0.3, -0.25) is 4.79 Å². The molecule has 4 rings (SSSR count). The topological polar surface area (TPSA) is 105 Å². The van der Waals surface area contributed by atoms with Gasteiger partial charge in [-0.05, 0) is 51.9 Å². The van der Waals surface area contributed by atoms with Crippen LogP contribution in [0.1, 0.15) is 52.9 Å². The lowest BCUT2D eigenvalue weighted by molar-refractivity contribution is -0.188. The second-order valence-electron chi connectivity index (χ2n) is 8.30. The standard InChI is InChI=1S/C21H28O8/c1-5-15(27-19(23)11(4)26-18(22)10(2)3)21(25)29-17-13-6-12-7-14(9-13)20(24)28-16(17)8-12/h11-17H,2,5-9H2,1,3-4H3. The lowest BCUT2D eigenvalue weighted by Gasteiger charge is -2.41. The predicted octanol–water partition coefficient (Wildman–Crippen LogP) is 2.09. The summed E-state index contributed by atoms with van der Waals surface area (Å²) in [5.41, 5.74) is 0.156. The minimum atomic E-state index is -1.17. The first-order valence-corrected chi connectivity index (χ1v) is 10.2. The first-order valence-electron chi connectivity index (χ1n) is 10.2. The summed E-state index contributed by atoms with van der Waals surface area (Å²) in [5.74, 6) is -2.03. The number of fused-ring (bicyclic) bond motifs is 1. The normalized spacial score (nSPS) is 31.8. The van der Waals surface area contributed by atoms with Crippen LogP contribution >= 0.6 is 0 Å². The van der Waals surface area contributed by atoms with Gasteiger partial charge in [-0.25, -0.2) is 14.4 Å². The fourth-order valence-electron chi connectivity index (χ4n) is 4.49. The summed E-state index contributed by atoms with van der Waals surface area (Å²) in [6.07, 6.45) is 0.0720. The van der Waals surface area contributed by atoms with Crippen LogP contribution < -0.4 is 0 Å². The number of esters is 4. The molecule has 0 spiro atoms. The second-order valence-corrected chi connectivity index (χ2v) is 8.30. The quantitative estimate of drug-likeness (QED) is 0.358. The van der Waals surface area contributed by atoms with Crippen LogP contribution in [0.2, 0.25) is 0 Å². The van der Waals surface area contributed by atoms with E-state index in [1.165, 1.54) is 13.8 Å². The molecule has 2 aliphatic heterocycles. The first-order chi connectivity index (χ1) is 13.7. The molecule has 0 amide bonds. The Kier molecular flexibility index (Phi) is 6.29. The molecule has 8 heteroatoms. The Morgan fingerprint density at radius 3 is 2.52 bits per heavy atom. The van der Waals surface area contributed by atoms with Gasteiger partial charge in [0.15, 0.2) is 12.2 Å². The highest BCUT2D eigenvalue weighted by Gasteiger charge is 2.52. The van der Waals surface area contributed by atoms with Gasteiger partial charge < -0.3 is 18.9 Å². The fraction of sp³-hybridized carbons (Fsp3) is 0.714. The molecule has 4 aliphatic rings. The van der Waals surface area contributed by atoms with Crippen molar-refractivity contribution in [1.82, 2.24) is 0 Å². The van der Waals surface area contributed by atoms with Crippen LogP contribution in [0.3, 0.4) is 0 Å². The molecule has 0 N–H and O–H groups in total. The molecule has 4 bridgehead atoms. The Morgan fingerprint density at radius 2 is 1.86 bits per heavy atom. The van der Waals surface area contributed by atoms with Crippen LogP contribution in [0.5, 0.6) is 0 Å². The Labute approximate surface area is 169 Å². The Hall–Kier alpha value is -2.38. The van der Waals surface area contributed by atoms with Crippen LogP contribution in [0.25, 0.3) is 0 Å². The van der Waals surface area contributed by atoms with Crippen LogP contribution in [-0.2, 0) is 38.1 Å². The van der Waals surface area contributed by atoms with E-state index in [0.29, 0.717) is 18.8 Å². The minimum Gasteiger partial charge on any atom is -0.458 e. The molecule has 2 saturated carbocycles. The Morgan fingerprint density at radius 1 is 1.14 bits per heavy atom. The zero-order chi connectivity index (χ0) is 21.3. The molecule has 2 aliphatic carbocycles. The Balaban J connectivity index is 1.60. The van der Waals surface area contributed by atoms with E-state index in [9.17, 15) is 19.2 Å². The van der Waals surface area contributed by atoms with Crippen molar-refractivity contribution in [1.29, 1.82) is 0 Å². The van der Waals surface area contributed by atoms with Gasteiger partial charge in [0.25, 0.3) is 0 Å². The largest absolute Gasteiger partial charge is 0.458 e. The van der Waals surface area contributed by atoms with Crippen molar-refractivity contribution < 1.29 is 38.1 Å². The van der Waals surface area contributed by atoms with Gasteiger partial charge in [0, 0.05) is 11.5 Å². The molecular formula is C21H28O8. The van der Waals surface area contributed by atoms with E-state index in [4.69, 9.17) is 18.9 Å². The third kappa shape index (κ3) is 4.62. The smallest absolute Gasteiger partial charge is 0.348 e. The summed E-state index contributed by atoms with van der Waals surface area (Å²) in [7, 11) is 0. The highest BCUT2D eigenvalue weighted by atomic mass is 16.6. The first kappa shape index (κ1) is 21.3. The van der Waals surface area contributed by atoms with E-state index < -0.39 is 42.3 Å². The SMILES string of the molecule is C=C(C)C(=O)OC(C)C(=O)OC(CC)C(=O)OC1C2CC3CC(C2)C(=O)OC1C3. The van der Waals surface area contributed by atoms with Crippen LogP contribution in [0.15, 0.2) is 12.2 Å². The van der Waals surface area contributed by atoms with Crippen molar-refractivity contribution in [2.24, 2.45) is 17.8 Å². The molecule has 29 heavy (non-hydrogen) atoms. The van der Waals surface area contributed by atoms with Crippen molar-refractivity contribution in [3.8, 4) is 0 Å². The van der Waals surface area contributed by atoms with E-state index in [0.717, 1.165) is 12.8 Å². The predicted molar refractivity (Wildman–Crippen MR) is 99.2 cm³/mol. The molecule has 0 aromatic rings. The highest BCUT2D eigenvalue weighted by molar-refractivity contribution is 5.89. The molecule has 8 nitrogen and oxygen atoms in total. The van der Waals surface area contributed by atoms with Gasteiger partial charge in [0.2, 0.25) is 0 Å². The maximum Gasteiger partial charge on any atom is 0.348 e. The summed E-state index contributed by atoms with van der Waals surface area (Å²) in [5, 5.41) is 0. The number of hydrogen-bond donors (Lipinski definition) is 0. The average molecular weight is 408 g/mol. The number of rotatable bonds is 7. The zero-order valence-electron chi connectivity index (χ0n) is 17.1. The monoisotopic (exact) mass is 408 g/mol. The lowest BCUT2D eigenvalue weighted by atomic mass is 9.67. The van der Waals surface area contributed by atoms with Gasteiger partial charge in [-0.2, -0.15) is 0 Å². The van der Waals surface area contributed by atoms with Crippen molar-refractivity contribution in [2.45, 2.75) is 77.3 Å². The van der Waals surface area contributed by atoms with Crippen molar-refractivity contribution in [2.75, 3.05) is 0 Å². The van der Waals surface area contributed by atoms with Crippen molar-refractivity contribution in [3.05, 3.63) is 12.2 Å². The van der Waals surface area contributed by atoms with Gasteiger partial charge in [0.05, 0.1) is 5.92 Å². The van der Waals surface area contributed by atoms with E-state index >= 15 is 0 Å². The average Bonchev–Trinajstić information content (AvgIpc) is 2.83. The van der Waals surface area contributed by atoms with E-state index in [-0.39, 0.29) is 29.8 Å². The molecule has 7 atom stereocenters. The zero-order valence-corrected chi connectivity index (χ0v) is 17.1. The van der Waals surface area contributed by atoms with Gasteiger partial charge in [-0.15, -0.1) is 0 Å². The van der Waals surface area contributed by atoms with E-state index in [1.54, 1.807) is 6.92 Å². The molecule has 0 radical (unpaired) electrons. The summed E-state index contributed by atoms with van der Waals surface area (Å²) in [4.78, 5) is 48.6. The number of hydrogen-bond acceptors (Lipinski definition) is 8. The number of carbonyl (C=O) groups is 4. The molecule has 0 aromatic heterocycles. The molecule has 7 unspecified atom stereocenters.